The summed E-state index contributed by atoms with van der Waals surface area (Å²) in [6.45, 7) is 1.41. The summed E-state index contributed by atoms with van der Waals surface area (Å²) in [6, 6.07) is 11.6. The third kappa shape index (κ3) is 7.53. The molecule has 2 aromatic rings. The van der Waals surface area contributed by atoms with Gasteiger partial charge in [0, 0.05) is 16.8 Å². The number of carbonyl (C=O) groups is 4. The van der Waals surface area contributed by atoms with Crippen LogP contribution in [0, 0.1) is 6.92 Å². The van der Waals surface area contributed by atoms with Crippen molar-refractivity contribution in [2.45, 2.75) is 25.7 Å². The van der Waals surface area contributed by atoms with Crippen LogP contribution in [0.1, 0.15) is 32.7 Å². The number of hydrogen-bond acceptors (Lipinski definition) is 7. The fourth-order valence-corrected chi connectivity index (χ4v) is 2.75. The molecule has 2 amide bonds. The number of carbonyl (C=O) groups excluding carboxylic acids is 3. The molecule has 0 saturated carbocycles. The Bertz CT molecular complexity index is 959. The lowest BCUT2D eigenvalue weighted by Crippen LogP contribution is -2.46. The van der Waals surface area contributed by atoms with Gasteiger partial charge in [-0.1, -0.05) is 35.9 Å². The lowest BCUT2D eigenvalue weighted by Gasteiger charge is -2.16. The molecule has 8 N–H and O–H groups in total. The number of rotatable bonds is 10. The second-order valence-electron chi connectivity index (χ2n) is 6.88. The van der Waals surface area contributed by atoms with E-state index in [-0.39, 0.29) is 11.1 Å². The van der Waals surface area contributed by atoms with E-state index in [0.717, 1.165) is 5.56 Å². The number of nitrogens with two attached hydrogens (primary N) is 2. The summed E-state index contributed by atoms with van der Waals surface area (Å²) in [5.41, 5.74) is 12.9. The summed E-state index contributed by atoms with van der Waals surface area (Å²) < 4.78 is 0. The van der Waals surface area contributed by atoms with Gasteiger partial charge >= 0.3 is 5.97 Å². The third-order valence-electron chi connectivity index (χ3n) is 4.23. The van der Waals surface area contributed by atoms with E-state index in [0.29, 0.717) is 5.69 Å². The number of carboxylic acid groups (broad SMARTS) is 1. The van der Waals surface area contributed by atoms with Crippen molar-refractivity contribution >= 4 is 29.3 Å². The van der Waals surface area contributed by atoms with Gasteiger partial charge in [-0.05, 0) is 25.1 Å². The summed E-state index contributed by atoms with van der Waals surface area (Å²) in [7, 11) is 0. The molecule has 0 spiro atoms. The number of anilines is 1. The molecule has 2 rings (SSSR count). The Morgan fingerprint density at radius 3 is 2.29 bits per heavy atom. The van der Waals surface area contributed by atoms with Crippen molar-refractivity contribution in [3.63, 3.8) is 0 Å². The molecule has 1 unspecified atom stereocenters. The normalized spacial score (nSPS) is 11.5. The van der Waals surface area contributed by atoms with Crippen molar-refractivity contribution in [1.82, 2.24) is 10.6 Å². The van der Waals surface area contributed by atoms with Crippen LogP contribution in [-0.2, 0) is 9.59 Å². The average molecular weight is 427 g/mol. The zero-order valence-corrected chi connectivity index (χ0v) is 16.9. The molecule has 164 valence electrons. The maximum Gasteiger partial charge on any atom is 0.305 e. The molecule has 0 aliphatic rings. The molecule has 2 aromatic carbocycles. The van der Waals surface area contributed by atoms with Crippen LogP contribution >= 0.6 is 0 Å². The maximum absolute atomic E-state index is 12.6. The second-order valence-corrected chi connectivity index (χ2v) is 6.88. The number of aryl methyl sites for hydroxylation is 1. The minimum atomic E-state index is -1.26. The minimum Gasteiger partial charge on any atom is -0.481 e. The van der Waals surface area contributed by atoms with Gasteiger partial charge in [-0.3, -0.25) is 30.6 Å². The Morgan fingerprint density at radius 1 is 1.00 bits per heavy atom. The molecule has 0 aliphatic heterocycles. The minimum absolute atomic E-state index is 0.260. The van der Waals surface area contributed by atoms with Crippen LogP contribution in [0.4, 0.5) is 5.69 Å². The van der Waals surface area contributed by atoms with Gasteiger partial charge in [0.15, 0.2) is 5.78 Å². The fraction of sp³-hybridized carbons (Fsp3) is 0.238. The third-order valence-corrected chi connectivity index (χ3v) is 4.23. The molecule has 10 nitrogen and oxygen atoms in total. The van der Waals surface area contributed by atoms with Gasteiger partial charge in [-0.15, -0.1) is 0 Å². The summed E-state index contributed by atoms with van der Waals surface area (Å²) in [4.78, 5) is 48.3. The Hall–Kier alpha value is -3.76. The first-order valence-corrected chi connectivity index (χ1v) is 9.43. The van der Waals surface area contributed by atoms with Crippen molar-refractivity contribution in [3.8, 4) is 0 Å². The highest BCUT2D eigenvalue weighted by molar-refractivity contribution is 6.04. The van der Waals surface area contributed by atoms with E-state index in [2.05, 4.69) is 16.0 Å². The summed E-state index contributed by atoms with van der Waals surface area (Å²) >= 11 is 0. The van der Waals surface area contributed by atoms with Gasteiger partial charge in [-0.25, -0.2) is 0 Å². The quantitative estimate of drug-likeness (QED) is 0.230. The predicted molar refractivity (Wildman–Crippen MR) is 114 cm³/mol. The molecule has 0 bridgehead atoms. The molecule has 0 heterocycles. The molecule has 1 atom stereocenters. The van der Waals surface area contributed by atoms with E-state index in [1.165, 1.54) is 12.1 Å². The second kappa shape index (κ2) is 10.9. The van der Waals surface area contributed by atoms with Crippen LogP contribution in [0.5, 0.6) is 0 Å². The number of nitrogens with one attached hydrogen (secondary N) is 3. The Labute approximate surface area is 179 Å². The van der Waals surface area contributed by atoms with Crippen LogP contribution in [0.3, 0.4) is 0 Å². The highest BCUT2D eigenvalue weighted by atomic mass is 16.4. The predicted octanol–water partition coefficient (Wildman–Crippen LogP) is 0.180. The van der Waals surface area contributed by atoms with Crippen LogP contribution in [0.2, 0.25) is 0 Å². The van der Waals surface area contributed by atoms with E-state index in [4.69, 9.17) is 16.6 Å². The maximum atomic E-state index is 12.6. The fourth-order valence-electron chi connectivity index (χ4n) is 2.75. The standard InChI is InChI=1S/C21H25N5O5/c1-12-5-7-13(8-6-12)19(30)16(10-18(28)29)26-17(27)11-24-20(31)14-3-2-4-15(9-14)25-21(22)23/h2-9,16,21,25H,10-11,22-23H2,1H3,(H,24,31)(H,26,27)(H,28,29). The van der Waals surface area contributed by atoms with Crippen LogP contribution in [0.15, 0.2) is 48.5 Å². The van der Waals surface area contributed by atoms with Crippen molar-refractivity contribution in [1.29, 1.82) is 0 Å². The summed E-state index contributed by atoms with van der Waals surface area (Å²) in [6.07, 6.45) is -1.39. The van der Waals surface area contributed by atoms with E-state index < -0.39 is 48.9 Å². The number of amides is 2. The topological polar surface area (TPSA) is 177 Å². The molecule has 31 heavy (non-hydrogen) atoms. The molecule has 0 aliphatic carbocycles. The van der Waals surface area contributed by atoms with Crippen LogP contribution in [0.25, 0.3) is 0 Å². The number of carboxylic acids is 1. The monoisotopic (exact) mass is 427 g/mol. The number of benzene rings is 2. The van der Waals surface area contributed by atoms with Gasteiger partial charge in [0.1, 0.15) is 12.3 Å². The Kier molecular flexibility index (Phi) is 8.24. The lowest BCUT2D eigenvalue weighted by molar-refractivity contribution is -0.137. The van der Waals surface area contributed by atoms with E-state index in [1.807, 2.05) is 6.92 Å². The van der Waals surface area contributed by atoms with Crippen molar-refractivity contribution in [3.05, 3.63) is 65.2 Å². The summed E-state index contributed by atoms with van der Waals surface area (Å²) in [5.74, 6) is -3.00. The average Bonchev–Trinajstić information content (AvgIpc) is 2.71. The highest BCUT2D eigenvalue weighted by Crippen LogP contribution is 2.11. The van der Waals surface area contributed by atoms with Crippen LogP contribution in [-0.4, -0.2) is 47.5 Å². The van der Waals surface area contributed by atoms with Crippen LogP contribution < -0.4 is 27.4 Å². The molecular weight excluding hydrogens is 402 g/mol. The van der Waals surface area contributed by atoms with Crippen molar-refractivity contribution in [2.75, 3.05) is 11.9 Å². The molecule has 0 saturated heterocycles. The van der Waals surface area contributed by atoms with Crippen molar-refractivity contribution in [2.24, 2.45) is 11.5 Å². The van der Waals surface area contributed by atoms with Gasteiger partial charge < -0.3 is 21.1 Å². The Morgan fingerprint density at radius 2 is 1.68 bits per heavy atom. The zero-order chi connectivity index (χ0) is 23.0. The first-order valence-electron chi connectivity index (χ1n) is 9.43. The molecule has 10 heteroatoms. The van der Waals surface area contributed by atoms with Gasteiger partial charge in [0.05, 0.1) is 13.0 Å². The smallest absolute Gasteiger partial charge is 0.305 e. The molecular formula is C21H25N5O5. The Balaban J connectivity index is 1.99. The molecule has 0 aromatic heterocycles. The largest absolute Gasteiger partial charge is 0.481 e. The number of Topliss-reactive ketones (excluding diaryl/α,β-unsaturated/α-hetero) is 1. The number of aliphatic carboxylic acids is 1. The highest BCUT2D eigenvalue weighted by Gasteiger charge is 2.25. The first kappa shape index (κ1) is 23.5. The SMILES string of the molecule is Cc1ccc(C(=O)C(CC(=O)O)NC(=O)CNC(=O)c2cccc(NC(N)N)c2)cc1. The molecule has 0 radical (unpaired) electrons. The van der Waals surface area contributed by atoms with E-state index >= 15 is 0 Å². The zero-order valence-electron chi connectivity index (χ0n) is 16.9. The van der Waals surface area contributed by atoms with Crippen molar-refractivity contribution < 1.29 is 24.3 Å². The molecule has 0 fully saturated rings. The van der Waals surface area contributed by atoms with E-state index in [1.54, 1.807) is 36.4 Å². The van der Waals surface area contributed by atoms with Gasteiger partial charge in [0.25, 0.3) is 5.91 Å². The van der Waals surface area contributed by atoms with Gasteiger partial charge in [0.2, 0.25) is 5.91 Å². The lowest BCUT2D eigenvalue weighted by atomic mass is 10.0. The van der Waals surface area contributed by atoms with E-state index in [9.17, 15) is 19.2 Å². The first-order chi connectivity index (χ1) is 14.7. The summed E-state index contributed by atoms with van der Waals surface area (Å²) in [5, 5.41) is 16.6. The number of ketones is 1. The van der Waals surface area contributed by atoms with Gasteiger partial charge in [-0.2, -0.15) is 0 Å². The number of hydrogen-bond donors (Lipinski definition) is 6.